The van der Waals surface area contributed by atoms with E-state index in [2.05, 4.69) is 141 Å². The average Bonchev–Trinajstić information content (AvgIpc) is 2.88. The zero-order chi connectivity index (χ0) is 22.5. The third kappa shape index (κ3) is 4.70. The van der Waals surface area contributed by atoms with Crippen LogP contribution in [0.4, 0.5) is 22.7 Å². The van der Waals surface area contributed by atoms with E-state index in [1.54, 1.807) is 0 Å². The summed E-state index contributed by atoms with van der Waals surface area (Å²) < 4.78 is 0. The van der Waals surface area contributed by atoms with Gasteiger partial charge in [0.25, 0.3) is 0 Å². The molecule has 0 heterocycles. The van der Waals surface area contributed by atoms with Crippen LogP contribution in [0.3, 0.4) is 0 Å². The van der Waals surface area contributed by atoms with Crippen molar-refractivity contribution in [3.8, 4) is 0 Å². The molecule has 4 rings (SSSR count). The highest BCUT2D eigenvalue weighted by molar-refractivity contribution is 5.68. The van der Waals surface area contributed by atoms with Crippen molar-refractivity contribution in [2.75, 3.05) is 23.9 Å². The third-order valence-corrected chi connectivity index (χ3v) is 6.44. The number of rotatable bonds is 7. The predicted octanol–water partition coefficient (Wildman–Crippen LogP) is 7.94. The van der Waals surface area contributed by atoms with Gasteiger partial charge in [0.1, 0.15) is 0 Å². The minimum absolute atomic E-state index is 0.386. The lowest BCUT2D eigenvalue weighted by atomic mass is 9.93. The first-order valence-corrected chi connectivity index (χ1v) is 11.4. The Hall–Kier alpha value is -3.52. The summed E-state index contributed by atoms with van der Waals surface area (Å²) in [6.45, 7) is 4.45. The highest BCUT2D eigenvalue weighted by Crippen LogP contribution is 2.31. The Balaban J connectivity index is 1.46. The number of anilines is 4. The Labute approximate surface area is 192 Å². The molecule has 0 aliphatic rings. The van der Waals surface area contributed by atoms with Crippen LogP contribution >= 0.6 is 0 Å². The second-order valence-electron chi connectivity index (χ2n) is 8.38. The fourth-order valence-electron chi connectivity index (χ4n) is 4.07. The predicted molar refractivity (Wildman–Crippen MR) is 139 cm³/mol. The van der Waals surface area contributed by atoms with Crippen LogP contribution in [0.1, 0.15) is 36.5 Å². The van der Waals surface area contributed by atoms with Crippen LogP contribution in [0.2, 0.25) is 0 Å². The molecule has 1 unspecified atom stereocenters. The molecule has 0 bridgehead atoms. The molecular weight excluding hydrogens is 388 g/mol. The minimum atomic E-state index is 0.386. The standard InChI is InChI=1S/C30H32N2/c1-5-24-11-15-27(16-12-24)31(3)29-19-21-30(22-20-29)32(4)28-17-13-26(14-18-28)23(2)25-9-7-6-8-10-25/h6-23H,5H2,1-4H3. The zero-order valence-corrected chi connectivity index (χ0v) is 19.5. The van der Waals surface area contributed by atoms with Gasteiger partial charge in [-0.2, -0.15) is 0 Å². The van der Waals surface area contributed by atoms with E-state index >= 15 is 0 Å². The number of hydrogen-bond donors (Lipinski definition) is 0. The number of nitrogens with zero attached hydrogens (tertiary/aromatic N) is 2. The van der Waals surface area contributed by atoms with Crippen molar-refractivity contribution in [3.05, 3.63) is 120 Å². The van der Waals surface area contributed by atoms with Gasteiger partial charge in [-0.05, 0) is 71.6 Å². The van der Waals surface area contributed by atoms with E-state index in [0.717, 1.165) is 6.42 Å². The molecule has 0 aliphatic heterocycles. The summed E-state index contributed by atoms with van der Waals surface area (Å²) >= 11 is 0. The van der Waals surface area contributed by atoms with Crippen LogP contribution in [-0.4, -0.2) is 14.1 Å². The Morgan fingerprint density at radius 1 is 0.531 bits per heavy atom. The van der Waals surface area contributed by atoms with E-state index in [-0.39, 0.29) is 0 Å². The van der Waals surface area contributed by atoms with Crippen LogP contribution in [0.25, 0.3) is 0 Å². The van der Waals surface area contributed by atoms with E-state index < -0.39 is 0 Å². The van der Waals surface area contributed by atoms with Crippen LogP contribution in [0, 0.1) is 0 Å². The van der Waals surface area contributed by atoms with Gasteiger partial charge in [0, 0.05) is 42.8 Å². The van der Waals surface area contributed by atoms with Gasteiger partial charge < -0.3 is 9.80 Å². The third-order valence-electron chi connectivity index (χ3n) is 6.44. The maximum absolute atomic E-state index is 2.26. The van der Waals surface area contributed by atoms with E-state index in [4.69, 9.17) is 0 Å². The monoisotopic (exact) mass is 420 g/mol. The van der Waals surface area contributed by atoms with Crippen LogP contribution < -0.4 is 9.80 Å². The van der Waals surface area contributed by atoms with Gasteiger partial charge in [-0.25, -0.2) is 0 Å². The first-order valence-electron chi connectivity index (χ1n) is 11.4. The molecule has 0 radical (unpaired) electrons. The van der Waals surface area contributed by atoms with E-state index in [0.29, 0.717) is 5.92 Å². The molecule has 0 saturated carbocycles. The SMILES string of the molecule is CCc1ccc(N(C)c2ccc(N(C)c3ccc(C(C)c4ccccc4)cc3)cc2)cc1. The fraction of sp³-hybridized carbons (Fsp3) is 0.200. The van der Waals surface area contributed by atoms with Gasteiger partial charge in [-0.3, -0.25) is 0 Å². The molecule has 2 heteroatoms. The van der Waals surface area contributed by atoms with Crippen molar-refractivity contribution in [1.29, 1.82) is 0 Å². The van der Waals surface area contributed by atoms with Gasteiger partial charge in [0.05, 0.1) is 0 Å². The molecule has 0 spiro atoms. The molecule has 4 aromatic rings. The Bertz CT molecular complexity index is 1110. The molecule has 0 aliphatic carbocycles. The molecule has 2 nitrogen and oxygen atoms in total. The van der Waals surface area contributed by atoms with E-state index in [9.17, 15) is 0 Å². The maximum Gasteiger partial charge on any atom is 0.0409 e. The Morgan fingerprint density at radius 3 is 1.34 bits per heavy atom. The molecule has 0 saturated heterocycles. The molecule has 0 fully saturated rings. The van der Waals surface area contributed by atoms with Crippen molar-refractivity contribution < 1.29 is 0 Å². The van der Waals surface area contributed by atoms with Gasteiger partial charge in [0.2, 0.25) is 0 Å². The number of hydrogen-bond acceptors (Lipinski definition) is 2. The van der Waals surface area contributed by atoms with Crippen molar-refractivity contribution in [2.24, 2.45) is 0 Å². The molecular formula is C30H32N2. The van der Waals surface area contributed by atoms with Crippen molar-refractivity contribution in [1.82, 2.24) is 0 Å². The lowest BCUT2D eigenvalue weighted by Gasteiger charge is -2.23. The summed E-state index contributed by atoms with van der Waals surface area (Å²) in [7, 11) is 4.24. The van der Waals surface area contributed by atoms with Crippen molar-refractivity contribution in [3.63, 3.8) is 0 Å². The molecule has 162 valence electrons. The quantitative estimate of drug-likeness (QED) is 0.299. The van der Waals surface area contributed by atoms with Gasteiger partial charge in [-0.1, -0.05) is 68.4 Å². The smallest absolute Gasteiger partial charge is 0.0409 e. The van der Waals surface area contributed by atoms with E-state index in [1.807, 2.05) is 0 Å². The average molecular weight is 421 g/mol. The summed E-state index contributed by atoms with van der Waals surface area (Å²) in [6.07, 6.45) is 1.07. The fourth-order valence-corrected chi connectivity index (χ4v) is 4.07. The van der Waals surface area contributed by atoms with Crippen LogP contribution in [0.5, 0.6) is 0 Å². The number of aryl methyl sites for hydroxylation is 1. The molecule has 0 amide bonds. The molecule has 0 N–H and O–H groups in total. The molecule has 4 aromatic carbocycles. The molecule has 1 atom stereocenters. The highest BCUT2D eigenvalue weighted by Gasteiger charge is 2.10. The normalized spacial score (nSPS) is 11.8. The Kier molecular flexibility index (Phi) is 6.61. The zero-order valence-electron chi connectivity index (χ0n) is 19.5. The van der Waals surface area contributed by atoms with Gasteiger partial charge in [-0.15, -0.1) is 0 Å². The van der Waals surface area contributed by atoms with Crippen LogP contribution in [-0.2, 0) is 6.42 Å². The summed E-state index contributed by atoms with van der Waals surface area (Å²) in [6, 6.07) is 37.1. The summed E-state index contributed by atoms with van der Waals surface area (Å²) in [5, 5.41) is 0. The first kappa shape index (κ1) is 21.7. The van der Waals surface area contributed by atoms with Crippen LogP contribution in [0.15, 0.2) is 103 Å². The lowest BCUT2D eigenvalue weighted by molar-refractivity contribution is 0.922. The summed E-state index contributed by atoms with van der Waals surface area (Å²) in [4.78, 5) is 4.46. The second kappa shape index (κ2) is 9.74. The molecule has 32 heavy (non-hydrogen) atoms. The summed E-state index contributed by atoms with van der Waals surface area (Å²) in [5.41, 5.74) is 8.78. The maximum atomic E-state index is 2.26. The van der Waals surface area contributed by atoms with Crippen molar-refractivity contribution in [2.45, 2.75) is 26.2 Å². The highest BCUT2D eigenvalue weighted by atomic mass is 15.1. The lowest BCUT2D eigenvalue weighted by Crippen LogP contribution is -2.11. The Morgan fingerprint density at radius 2 is 0.906 bits per heavy atom. The topological polar surface area (TPSA) is 6.48 Å². The summed E-state index contributed by atoms with van der Waals surface area (Å²) in [5.74, 6) is 0.386. The van der Waals surface area contributed by atoms with Gasteiger partial charge >= 0.3 is 0 Å². The first-order chi connectivity index (χ1) is 15.6. The van der Waals surface area contributed by atoms with Gasteiger partial charge in [0.15, 0.2) is 0 Å². The molecule has 0 aromatic heterocycles. The van der Waals surface area contributed by atoms with Crippen molar-refractivity contribution >= 4 is 22.7 Å². The minimum Gasteiger partial charge on any atom is -0.345 e. The van der Waals surface area contributed by atoms with E-state index in [1.165, 1.54) is 39.4 Å². The number of benzene rings is 4. The second-order valence-corrected chi connectivity index (χ2v) is 8.38. The largest absolute Gasteiger partial charge is 0.345 e.